The molecule has 0 bridgehead atoms. The fourth-order valence-corrected chi connectivity index (χ4v) is 4.75. The maximum Gasteiger partial charge on any atom is 0.176 e. The first-order valence-corrected chi connectivity index (χ1v) is 10.7. The van der Waals surface area contributed by atoms with Gasteiger partial charge < -0.3 is 0 Å². The third-order valence-corrected chi connectivity index (χ3v) is 6.33. The van der Waals surface area contributed by atoms with E-state index >= 15 is 0 Å². The molecule has 2 aliphatic rings. The Bertz CT molecular complexity index is 505. The highest BCUT2D eigenvalue weighted by molar-refractivity contribution is 6.30. The minimum Gasteiger partial charge on any atom is -0.293 e. The summed E-state index contributed by atoms with van der Waals surface area (Å²) in [4.78, 5) is 15.5. The van der Waals surface area contributed by atoms with Crippen LogP contribution in [0.15, 0.2) is 24.3 Å². The number of hydrogen-bond acceptors (Lipinski definition) is 2. The predicted molar refractivity (Wildman–Crippen MR) is 105 cm³/mol. The fraction of sp³-hybridized carbons (Fsp3) is 0.682. The number of rotatable bonds is 5. The Morgan fingerprint density at radius 1 is 0.800 bits per heavy atom. The highest BCUT2D eigenvalue weighted by Crippen LogP contribution is 2.29. The molecule has 0 aromatic heterocycles. The smallest absolute Gasteiger partial charge is 0.176 e. The molecular formula is C22H32ClNO. The first-order valence-electron chi connectivity index (χ1n) is 10.3. The molecular weight excluding hydrogens is 330 g/mol. The highest BCUT2D eigenvalue weighted by atomic mass is 35.5. The summed E-state index contributed by atoms with van der Waals surface area (Å²) in [6, 6.07) is 8.61. The van der Waals surface area contributed by atoms with Crippen LogP contribution in [0.1, 0.15) is 87.4 Å². The van der Waals surface area contributed by atoms with Crippen LogP contribution < -0.4 is 0 Å². The second kappa shape index (κ2) is 9.73. The highest BCUT2D eigenvalue weighted by Gasteiger charge is 2.29. The van der Waals surface area contributed by atoms with Crippen LogP contribution in [-0.4, -0.2) is 29.3 Å². The molecule has 25 heavy (non-hydrogen) atoms. The Kier molecular flexibility index (Phi) is 7.36. The van der Waals surface area contributed by atoms with Gasteiger partial charge in [-0.1, -0.05) is 63.0 Å². The van der Waals surface area contributed by atoms with E-state index in [-0.39, 0.29) is 5.78 Å². The number of benzene rings is 1. The monoisotopic (exact) mass is 361 g/mol. The zero-order chi connectivity index (χ0) is 17.5. The first-order chi connectivity index (χ1) is 12.2. The number of carbonyl (C=O) groups excluding carboxylic acids is 1. The first kappa shape index (κ1) is 18.9. The van der Waals surface area contributed by atoms with Gasteiger partial charge in [-0.2, -0.15) is 0 Å². The van der Waals surface area contributed by atoms with Gasteiger partial charge in [0, 0.05) is 22.7 Å². The number of ketones is 1. The van der Waals surface area contributed by atoms with Crippen molar-refractivity contribution >= 4 is 17.4 Å². The summed E-state index contributed by atoms with van der Waals surface area (Å²) < 4.78 is 0. The summed E-state index contributed by atoms with van der Waals surface area (Å²) in [6.07, 6.45) is 15.8. The summed E-state index contributed by atoms with van der Waals surface area (Å²) in [6.45, 7) is 0.580. The SMILES string of the molecule is O=C(CN(C1CCCCCC1)C1CCCCCC1)c1ccc(Cl)cc1. The van der Waals surface area contributed by atoms with Gasteiger partial charge in [0.1, 0.15) is 0 Å². The van der Waals surface area contributed by atoms with Crippen LogP contribution in [0.2, 0.25) is 5.02 Å². The van der Waals surface area contributed by atoms with Crippen molar-refractivity contribution in [1.29, 1.82) is 0 Å². The van der Waals surface area contributed by atoms with Crippen LogP contribution in [0.3, 0.4) is 0 Å². The van der Waals surface area contributed by atoms with Crippen molar-refractivity contribution < 1.29 is 4.79 Å². The molecule has 0 unspecified atom stereocenters. The lowest BCUT2D eigenvalue weighted by Gasteiger charge is -2.37. The molecule has 3 heteroatoms. The molecule has 0 radical (unpaired) electrons. The molecule has 0 aliphatic heterocycles. The van der Waals surface area contributed by atoms with Crippen LogP contribution in [0, 0.1) is 0 Å². The molecule has 1 aromatic carbocycles. The largest absolute Gasteiger partial charge is 0.293 e. The van der Waals surface area contributed by atoms with Crippen molar-refractivity contribution in [2.24, 2.45) is 0 Å². The van der Waals surface area contributed by atoms with E-state index < -0.39 is 0 Å². The van der Waals surface area contributed by atoms with Gasteiger partial charge in [-0.15, -0.1) is 0 Å². The van der Waals surface area contributed by atoms with Crippen molar-refractivity contribution in [2.45, 2.75) is 89.1 Å². The van der Waals surface area contributed by atoms with Gasteiger partial charge in [-0.25, -0.2) is 0 Å². The molecule has 0 spiro atoms. The second-order valence-electron chi connectivity index (χ2n) is 7.89. The van der Waals surface area contributed by atoms with Gasteiger partial charge in [0.15, 0.2) is 5.78 Å². The lowest BCUT2D eigenvalue weighted by atomic mass is 9.98. The van der Waals surface area contributed by atoms with Gasteiger partial charge in [0.2, 0.25) is 0 Å². The lowest BCUT2D eigenvalue weighted by Crippen LogP contribution is -2.45. The summed E-state index contributed by atoms with van der Waals surface area (Å²) in [5, 5.41) is 0.695. The van der Waals surface area contributed by atoms with Crippen molar-refractivity contribution in [3.8, 4) is 0 Å². The molecule has 2 fully saturated rings. The van der Waals surface area contributed by atoms with Crippen LogP contribution >= 0.6 is 11.6 Å². The molecule has 2 aliphatic carbocycles. The third kappa shape index (κ3) is 5.56. The van der Waals surface area contributed by atoms with E-state index in [1.54, 1.807) is 0 Å². The minimum absolute atomic E-state index is 0.255. The van der Waals surface area contributed by atoms with Crippen LogP contribution in [0.5, 0.6) is 0 Å². The Labute approximate surface area is 157 Å². The predicted octanol–water partition coefficient (Wildman–Crippen LogP) is 6.27. The zero-order valence-corrected chi connectivity index (χ0v) is 16.1. The maximum atomic E-state index is 12.9. The summed E-state index contributed by atoms with van der Waals surface area (Å²) in [7, 11) is 0. The van der Waals surface area contributed by atoms with Crippen LogP contribution in [0.4, 0.5) is 0 Å². The molecule has 0 heterocycles. The molecule has 3 rings (SSSR count). The Balaban J connectivity index is 1.74. The number of hydrogen-bond donors (Lipinski definition) is 0. The van der Waals surface area contributed by atoms with Gasteiger partial charge in [-0.3, -0.25) is 9.69 Å². The quantitative estimate of drug-likeness (QED) is 0.455. The average Bonchev–Trinajstić information content (AvgIpc) is 3.05. The molecule has 2 saturated carbocycles. The maximum absolute atomic E-state index is 12.9. The van der Waals surface area contributed by atoms with E-state index in [1.807, 2.05) is 24.3 Å². The van der Waals surface area contributed by atoms with E-state index in [0.717, 1.165) is 5.56 Å². The normalized spacial score (nSPS) is 21.0. The Morgan fingerprint density at radius 3 is 1.68 bits per heavy atom. The molecule has 138 valence electrons. The molecule has 0 N–H and O–H groups in total. The topological polar surface area (TPSA) is 20.3 Å². The van der Waals surface area contributed by atoms with E-state index in [1.165, 1.54) is 77.0 Å². The molecule has 1 aromatic rings. The second-order valence-corrected chi connectivity index (χ2v) is 8.33. The van der Waals surface area contributed by atoms with Crippen molar-refractivity contribution in [3.63, 3.8) is 0 Å². The number of nitrogens with zero attached hydrogens (tertiary/aromatic N) is 1. The van der Waals surface area contributed by atoms with Gasteiger partial charge in [-0.05, 0) is 49.9 Å². The lowest BCUT2D eigenvalue weighted by molar-refractivity contribution is 0.0750. The minimum atomic E-state index is 0.255. The van der Waals surface area contributed by atoms with Gasteiger partial charge >= 0.3 is 0 Å². The fourth-order valence-electron chi connectivity index (χ4n) is 4.63. The van der Waals surface area contributed by atoms with E-state index in [4.69, 9.17) is 11.6 Å². The van der Waals surface area contributed by atoms with E-state index in [9.17, 15) is 4.79 Å². The molecule has 0 atom stereocenters. The number of Topliss-reactive ketones (excluding diaryl/α,β-unsaturated/α-hetero) is 1. The van der Waals surface area contributed by atoms with Gasteiger partial charge in [0.25, 0.3) is 0 Å². The van der Waals surface area contributed by atoms with E-state index in [2.05, 4.69) is 4.90 Å². The number of carbonyl (C=O) groups is 1. The van der Waals surface area contributed by atoms with Crippen LogP contribution in [0.25, 0.3) is 0 Å². The summed E-state index contributed by atoms with van der Waals surface area (Å²) in [5.74, 6) is 0.255. The molecule has 2 nitrogen and oxygen atoms in total. The van der Waals surface area contributed by atoms with Crippen LogP contribution in [-0.2, 0) is 0 Å². The van der Waals surface area contributed by atoms with E-state index in [0.29, 0.717) is 23.7 Å². The summed E-state index contributed by atoms with van der Waals surface area (Å²) >= 11 is 5.98. The standard InChI is InChI=1S/C22H32ClNO/c23-19-15-13-18(14-16-19)22(25)17-24(20-9-5-1-2-6-10-20)21-11-7-3-4-8-12-21/h13-16,20-21H,1-12,17H2. The van der Waals surface area contributed by atoms with Crippen molar-refractivity contribution in [3.05, 3.63) is 34.9 Å². The third-order valence-electron chi connectivity index (χ3n) is 6.08. The molecule has 0 saturated heterocycles. The average molecular weight is 362 g/mol. The zero-order valence-electron chi connectivity index (χ0n) is 15.4. The Morgan fingerprint density at radius 2 is 1.24 bits per heavy atom. The Hall–Kier alpha value is -0.860. The summed E-state index contributed by atoms with van der Waals surface area (Å²) in [5.41, 5.74) is 0.802. The van der Waals surface area contributed by atoms with Crippen molar-refractivity contribution in [2.75, 3.05) is 6.54 Å². The van der Waals surface area contributed by atoms with Crippen molar-refractivity contribution in [1.82, 2.24) is 4.90 Å². The van der Waals surface area contributed by atoms with Gasteiger partial charge in [0.05, 0.1) is 6.54 Å². The molecule has 0 amide bonds. The number of halogens is 1.